The molecule has 6 nitrogen and oxygen atoms in total. The van der Waals surface area contributed by atoms with E-state index in [1.807, 2.05) is 0 Å². The topological polar surface area (TPSA) is 92.5 Å². The quantitative estimate of drug-likeness (QED) is 0.642. The first-order chi connectivity index (χ1) is 8.90. The normalized spacial score (nSPS) is 15.9. The molecule has 19 heavy (non-hydrogen) atoms. The average molecular weight is 289 g/mol. The van der Waals surface area contributed by atoms with Crippen molar-refractivity contribution in [1.82, 2.24) is 0 Å². The van der Waals surface area contributed by atoms with Crippen LogP contribution in [0.4, 0.5) is 15.8 Å². The molecule has 0 heterocycles. The maximum absolute atomic E-state index is 13.2. The van der Waals surface area contributed by atoms with Gasteiger partial charge in [-0.3, -0.25) is 10.1 Å². The van der Waals surface area contributed by atoms with Crippen LogP contribution in [0.25, 0.3) is 0 Å². The lowest BCUT2D eigenvalue weighted by Gasteiger charge is -2.15. The maximum Gasteiger partial charge on any atom is 0.326 e. The zero-order chi connectivity index (χ0) is 14.2. The highest BCUT2D eigenvalue weighted by atomic mass is 35.5. The second kappa shape index (κ2) is 5.00. The van der Waals surface area contributed by atoms with Gasteiger partial charge in [0, 0.05) is 0 Å². The van der Waals surface area contributed by atoms with E-state index in [0.29, 0.717) is 6.07 Å². The third-order valence-electron chi connectivity index (χ3n) is 2.91. The fraction of sp³-hybridized carbons (Fsp3) is 0.364. The van der Waals surface area contributed by atoms with Crippen molar-refractivity contribution in [3.63, 3.8) is 0 Å². The Bertz CT molecular complexity index is 548. The third-order valence-corrected chi connectivity index (χ3v) is 3.20. The number of aliphatic carboxylic acids is 1. The van der Waals surface area contributed by atoms with Crippen molar-refractivity contribution >= 4 is 28.9 Å². The molecule has 1 aliphatic rings. The van der Waals surface area contributed by atoms with Crippen LogP contribution in [0.15, 0.2) is 12.1 Å². The zero-order valence-electron chi connectivity index (χ0n) is 9.60. The van der Waals surface area contributed by atoms with Crippen LogP contribution >= 0.6 is 11.6 Å². The van der Waals surface area contributed by atoms with Gasteiger partial charge in [-0.25, -0.2) is 9.18 Å². The molecule has 1 unspecified atom stereocenters. The van der Waals surface area contributed by atoms with Gasteiger partial charge in [0.05, 0.1) is 16.0 Å². The Morgan fingerprint density at radius 3 is 2.68 bits per heavy atom. The fourth-order valence-corrected chi connectivity index (χ4v) is 1.94. The summed E-state index contributed by atoms with van der Waals surface area (Å²) in [5.74, 6) is -2.09. The number of nitrogens with zero attached hydrogens (tertiary/aromatic N) is 1. The van der Waals surface area contributed by atoms with Crippen molar-refractivity contribution in [1.29, 1.82) is 0 Å². The molecule has 0 saturated heterocycles. The molecule has 1 saturated carbocycles. The summed E-state index contributed by atoms with van der Waals surface area (Å²) in [6.07, 6.45) is 1.49. The summed E-state index contributed by atoms with van der Waals surface area (Å²) in [6, 6.07) is 0.782. The van der Waals surface area contributed by atoms with Gasteiger partial charge in [-0.1, -0.05) is 11.6 Å². The van der Waals surface area contributed by atoms with Crippen molar-refractivity contribution in [3.05, 3.63) is 33.1 Å². The van der Waals surface area contributed by atoms with E-state index in [4.69, 9.17) is 16.7 Å². The van der Waals surface area contributed by atoms with Crippen molar-refractivity contribution in [2.75, 3.05) is 5.32 Å². The number of nitro groups is 1. The minimum Gasteiger partial charge on any atom is -0.480 e. The Hall–Kier alpha value is -1.89. The Morgan fingerprint density at radius 2 is 2.21 bits per heavy atom. The number of nitrogens with one attached hydrogen (secondary N) is 1. The molecule has 0 amide bonds. The fourth-order valence-electron chi connectivity index (χ4n) is 1.78. The van der Waals surface area contributed by atoms with Gasteiger partial charge >= 0.3 is 5.97 Å². The molecular formula is C11H10ClFN2O4. The molecule has 1 aromatic carbocycles. The first-order valence-electron chi connectivity index (χ1n) is 5.53. The molecule has 8 heteroatoms. The lowest BCUT2D eigenvalue weighted by Crippen LogP contribution is -2.31. The Morgan fingerprint density at radius 1 is 1.58 bits per heavy atom. The van der Waals surface area contributed by atoms with Crippen molar-refractivity contribution < 1.29 is 19.2 Å². The van der Waals surface area contributed by atoms with E-state index < -0.39 is 28.4 Å². The van der Waals surface area contributed by atoms with Crippen LogP contribution in [-0.4, -0.2) is 22.0 Å². The maximum atomic E-state index is 13.2. The number of carbonyl (C=O) groups is 1. The lowest BCUT2D eigenvalue weighted by molar-refractivity contribution is -0.384. The number of carboxylic acids is 1. The van der Waals surface area contributed by atoms with Crippen LogP contribution in [0.5, 0.6) is 0 Å². The predicted molar refractivity (Wildman–Crippen MR) is 65.8 cm³/mol. The van der Waals surface area contributed by atoms with E-state index in [1.165, 1.54) is 0 Å². The molecule has 0 aliphatic heterocycles. The Balaban J connectivity index is 2.34. The number of hydrogen-bond acceptors (Lipinski definition) is 4. The van der Waals surface area contributed by atoms with E-state index in [1.54, 1.807) is 0 Å². The van der Waals surface area contributed by atoms with Crippen LogP contribution in [0.3, 0.4) is 0 Å². The molecule has 102 valence electrons. The first kappa shape index (κ1) is 13.5. The standard InChI is InChI=1S/C11H10ClFN2O4/c12-6-3-8(9(15(18)19)4-7(6)13)14-10(11(16)17)5-1-2-5/h3-5,10,14H,1-2H2,(H,16,17). The molecule has 1 fully saturated rings. The molecule has 2 N–H and O–H groups in total. The van der Waals surface area contributed by atoms with E-state index in [9.17, 15) is 19.3 Å². The second-order valence-electron chi connectivity index (χ2n) is 4.34. The summed E-state index contributed by atoms with van der Waals surface area (Å²) in [5, 5.41) is 22.2. The minimum absolute atomic E-state index is 0.0686. The van der Waals surface area contributed by atoms with Gasteiger partial charge in [0.15, 0.2) is 0 Å². The summed E-state index contributed by atoms with van der Waals surface area (Å²) in [7, 11) is 0. The molecule has 1 aliphatic carbocycles. The monoisotopic (exact) mass is 288 g/mol. The summed E-state index contributed by atoms with van der Waals surface area (Å²) in [5.41, 5.74) is -0.621. The highest BCUT2D eigenvalue weighted by Gasteiger charge is 2.37. The van der Waals surface area contributed by atoms with Gasteiger partial charge in [-0.05, 0) is 24.8 Å². The van der Waals surface area contributed by atoms with Crippen molar-refractivity contribution in [2.45, 2.75) is 18.9 Å². The van der Waals surface area contributed by atoms with Crippen LogP contribution in [0.1, 0.15) is 12.8 Å². The zero-order valence-corrected chi connectivity index (χ0v) is 10.4. The molecule has 2 rings (SSSR count). The van der Waals surface area contributed by atoms with Gasteiger partial charge in [0.1, 0.15) is 17.5 Å². The average Bonchev–Trinajstić information content (AvgIpc) is 3.13. The number of hydrogen-bond donors (Lipinski definition) is 2. The van der Waals surface area contributed by atoms with E-state index in [-0.39, 0.29) is 16.6 Å². The SMILES string of the molecule is O=C(O)C(Nc1cc(Cl)c(F)cc1[N+](=O)[O-])C1CC1. The number of benzene rings is 1. The first-order valence-corrected chi connectivity index (χ1v) is 5.90. The predicted octanol–water partition coefficient (Wildman–Crippen LogP) is 2.66. The summed E-state index contributed by atoms with van der Waals surface area (Å²) < 4.78 is 13.2. The lowest BCUT2D eigenvalue weighted by atomic mass is 10.1. The summed E-state index contributed by atoms with van der Waals surface area (Å²) >= 11 is 5.56. The van der Waals surface area contributed by atoms with Crippen molar-refractivity contribution in [3.8, 4) is 0 Å². The third kappa shape index (κ3) is 2.93. The highest BCUT2D eigenvalue weighted by molar-refractivity contribution is 6.31. The molecule has 0 spiro atoms. The van der Waals surface area contributed by atoms with Crippen LogP contribution in [-0.2, 0) is 4.79 Å². The summed E-state index contributed by atoms with van der Waals surface area (Å²) in [6.45, 7) is 0. The number of anilines is 1. The van der Waals surface area contributed by atoms with E-state index in [2.05, 4.69) is 5.32 Å². The van der Waals surface area contributed by atoms with Crippen LogP contribution < -0.4 is 5.32 Å². The summed E-state index contributed by atoms with van der Waals surface area (Å²) in [4.78, 5) is 21.1. The van der Waals surface area contributed by atoms with Gasteiger partial charge in [0.25, 0.3) is 5.69 Å². The van der Waals surface area contributed by atoms with Crippen molar-refractivity contribution in [2.24, 2.45) is 5.92 Å². The molecule has 0 aromatic heterocycles. The molecule has 0 bridgehead atoms. The Labute approximate surface area is 112 Å². The van der Waals surface area contributed by atoms with Gasteiger partial charge < -0.3 is 10.4 Å². The number of halogens is 2. The number of rotatable bonds is 5. The van der Waals surface area contributed by atoms with E-state index in [0.717, 1.165) is 18.9 Å². The van der Waals surface area contributed by atoms with E-state index >= 15 is 0 Å². The molecule has 0 radical (unpaired) electrons. The number of nitro benzene ring substituents is 1. The highest BCUT2D eigenvalue weighted by Crippen LogP contribution is 2.37. The van der Waals surface area contributed by atoms with Gasteiger partial charge in [-0.15, -0.1) is 0 Å². The second-order valence-corrected chi connectivity index (χ2v) is 4.75. The van der Waals surface area contributed by atoms with Gasteiger partial charge in [0.2, 0.25) is 0 Å². The van der Waals surface area contributed by atoms with Gasteiger partial charge in [-0.2, -0.15) is 0 Å². The largest absolute Gasteiger partial charge is 0.480 e. The minimum atomic E-state index is -1.10. The smallest absolute Gasteiger partial charge is 0.326 e. The number of carboxylic acid groups (broad SMARTS) is 1. The molecule has 1 aromatic rings. The molecular weight excluding hydrogens is 279 g/mol. The van der Waals surface area contributed by atoms with Crippen LogP contribution in [0, 0.1) is 21.8 Å². The van der Waals surface area contributed by atoms with Crippen LogP contribution in [0.2, 0.25) is 5.02 Å². The molecule has 1 atom stereocenters. The Kier molecular flexibility index (Phi) is 3.57.